The largest absolute Gasteiger partial charge is 0.487 e. The Morgan fingerprint density at radius 1 is 1.15 bits per heavy atom. The van der Waals surface area contributed by atoms with Crippen LogP contribution < -0.4 is 4.74 Å². The first-order valence-corrected chi connectivity index (χ1v) is 8.54. The van der Waals surface area contributed by atoms with Crippen LogP contribution in [0.15, 0.2) is 35.9 Å². The molecule has 0 aromatic heterocycles. The molecule has 0 amide bonds. The molecule has 2 N–H and O–H groups in total. The molecule has 7 nitrogen and oxygen atoms in total. The fourth-order valence-electron chi connectivity index (χ4n) is 2.09. The molecule has 0 aliphatic heterocycles. The van der Waals surface area contributed by atoms with E-state index in [4.69, 9.17) is 14.6 Å². The normalized spacial score (nSPS) is 13.2. The van der Waals surface area contributed by atoms with Gasteiger partial charge in [0, 0.05) is 17.2 Å². The third-order valence-electron chi connectivity index (χ3n) is 3.74. The van der Waals surface area contributed by atoms with E-state index >= 15 is 0 Å². The molecule has 0 bridgehead atoms. The molecular weight excluding hydrogens is 352 g/mol. The van der Waals surface area contributed by atoms with Crippen molar-refractivity contribution >= 4 is 17.7 Å². The molecule has 1 unspecified atom stereocenters. The van der Waals surface area contributed by atoms with Crippen LogP contribution in [0.1, 0.15) is 45.0 Å². The monoisotopic (exact) mass is 378 g/mol. The highest BCUT2D eigenvalue weighted by atomic mass is 16.6. The summed E-state index contributed by atoms with van der Waals surface area (Å²) in [6.07, 6.45) is 0.328. The molecule has 1 aromatic rings. The summed E-state index contributed by atoms with van der Waals surface area (Å²) in [4.78, 5) is 34.4. The van der Waals surface area contributed by atoms with Crippen molar-refractivity contribution in [3.8, 4) is 5.75 Å². The summed E-state index contributed by atoms with van der Waals surface area (Å²) in [6, 6.07) is 6.31. The highest BCUT2D eigenvalue weighted by Gasteiger charge is 2.25. The molecule has 27 heavy (non-hydrogen) atoms. The topological polar surface area (TPSA) is 110 Å². The van der Waals surface area contributed by atoms with Crippen LogP contribution in [0.3, 0.4) is 0 Å². The van der Waals surface area contributed by atoms with E-state index in [0.29, 0.717) is 11.3 Å². The first kappa shape index (κ1) is 22.4. The standard InChI is InChI=1S/C20H26O7/c1-12(2)16(11-26-19(24)13(3)10-17(21)22)27-15-8-6-14(7-9-15)18(23)20(4,5)25/h6-10,12,16,25H,11H2,1-5H3,(H,21,22)/b13-10+. The lowest BCUT2D eigenvalue weighted by Gasteiger charge is -2.23. The number of carboxylic acids is 1. The van der Waals surface area contributed by atoms with Crippen molar-refractivity contribution in [2.24, 2.45) is 5.92 Å². The van der Waals surface area contributed by atoms with Gasteiger partial charge in [-0.3, -0.25) is 4.79 Å². The van der Waals surface area contributed by atoms with Crippen LogP contribution in [0.5, 0.6) is 5.75 Å². The van der Waals surface area contributed by atoms with Gasteiger partial charge in [0.15, 0.2) is 5.78 Å². The number of hydrogen-bond acceptors (Lipinski definition) is 6. The Bertz CT molecular complexity index is 709. The summed E-state index contributed by atoms with van der Waals surface area (Å²) in [5, 5.41) is 18.4. The number of carbonyl (C=O) groups is 3. The van der Waals surface area contributed by atoms with Gasteiger partial charge in [-0.1, -0.05) is 13.8 Å². The number of rotatable bonds is 9. The van der Waals surface area contributed by atoms with Gasteiger partial charge in [0.05, 0.1) is 0 Å². The molecule has 1 aromatic carbocycles. The lowest BCUT2D eigenvalue weighted by atomic mass is 9.97. The van der Waals surface area contributed by atoms with Crippen molar-refractivity contribution in [3.05, 3.63) is 41.5 Å². The summed E-state index contributed by atoms with van der Waals surface area (Å²) in [7, 11) is 0. The predicted octanol–water partition coefficient (Wildman–Crippen LogP) is 2.62. The van der Waals surface area contributed by atoms with E-state index in [2.05, 4.69) is 0 Å². The number of Topliss-reactive ketones (excluding diaryl/α,β-unsaturated/α-hetero) is 1. The van der Waals surface area contributed by atoms with Gasteiger partial charge in [-0.25, -0.2) is 9.59 Å². The molecule has 0 heterocycles. The molecule has 1 atom stereocenters. The van der Waals surface area contributed by atoms with Crippen molar-refractivity contribution < 1.29 is 34.1 Å². The molecule has 0 radical (unpaired) electrons. The minimum Gasteiger partial charge on any atom is -0.487 e. The molecule has 0 aliphatic rings. The lowest BCUT2D eigenvalue weighted by molar-refractivity contribution is -0.142. The summed E-state index contributed by atoms with van der Waals surface area (Å²) >= 11 is 0. The van der Waals surface area contributed by atoms with Crippen molar-refractivity contribution in [1.29, 1.82) is 0 Å². The number of aliphatic hydroxyl groups is 1. The summed E-state index contributed by atoms with van der Waals surface area (Å²) in [5.74, 6) is -1.85. The van der Waals surface area contributed by atoms with Gasteiger partial charge in [-0.2, -0.15) is 0 Å². The van der Waals surface area contributed by atoms with Crippen LogP contribution in [-0.4, -0.2) is 46.2 Å². The van der Waals surface area contributed by atoms with E-state index in [0.717, 1.165) is 6.08 Å². The fraction of sp³-hybridized carbons (Fsp3) is 0.450. The summed E-state index contributed by atoms with van der Waals surface area (Å²) in [6.45, 7) is 7.94. The van der Waals surface area contributed by atoms with E-state index in [1.807, 2.05) is 13.8 Å². The van der Waals surface area contributed by atoms with E-state index in [9.17, 15) is 19.5 Å². The van der Waals surface area contributed by atoms with Crippen LogP contribution in [-0.2, 0) is 14.3 Å². The highest BCUT2D eigenvalue weighted by Crippen LogP contribution is 2.20. The Labute approximate surface area is 158 Å². The zero-order valence-corrected chi connectivity index (χ0v) is 16.2. The number of esters is 1. The third-order valence-corrected chi connectivity index (χ3v) is 3.74. The second kappa shape index (κ2) is 9.32. The summed E-state index contributed by atoms with van der Waals surface area (Å²) in [5.41, 5.74) is -1.12. The number of aliphatic carboxylic acids is 1. The Hall–Kier alpha value is -2.67. The number of carboxylic acid groups (broad SMARTS) is 1. The first-order chi connectivity index (χ1) is 12.4. The van der Waals surface area contributed by atoms with Gasteiger partial charge in [0.1, 0.15) is 24.1 Å². The van der Waals surface area contributed by atoms with Crippen LogP contribution in [0.25, 0.3) is 0 Å². The third kappa shape index (κ3) is 7.22. The Kier molecular flexibility index (Phi) is 7.72. The zero-order valence-electron chi connectivity index (χ0n) is 16.2. The van der Waals surface area contributed by atoms with E-state index in [-0.39, 0.29) is 18.1 Å². The lowest BCUT2D eigenvalue weighted by Crippen LogP contribution is -2.31. The number of carbonyl (C=O) groups excluding carboxylic acids is 2. The van der Waals surface area contributed by atoms with Crippen molar-refractivity contribution in [1.82, 2.24) is 0 Å². The maximum atomic E-state index is 12.0. The quantitative estimate of drug-likeness (QED) is 0.386. The predicted molar refractivity (Wildman–Crippen MR) is 98.7 cm³/mol. The van der Waals surface area contributed by atoms with E-state index in [1.165, 1.54) is 20.8 Å². The van der Waals surface area contributed by atoms with Crippen molar-refractivity contribution in [2.75, 3.05) is 6.61 Å². The maximum Gasteiger partial charge on any atom is 0.334 e. The molecule has 0 aliphatic carbocycles. The van der Waals surface area contributed by atoms with Gasteiger partial charge in [0.25, 0.3) is 0 Å². The minimum atomic E-state index is -1.46. The molecule has 0 fully saturated rings. The molecule has 7 heteroatoms. The highest BCUT2D eigenvalue weighted by molar-refractivity contribution is 6.01. The van der Waals surface area contributed by atoms with E-state index in [1.54, 1.807) is 24.3 Å². The SMILES string of the molecule is C/C(=C\C(=O)O)C(=O)OCC(Oc1ccc(C(=O)C(C)(C)O)cc1)C(C)C. The zero-order chi connectivity index (χ0) is 20.8. The number of benzene rings is 1. The Morgan fingerprint density at radius 3 is 2.15 bits per heavy atom. The van der Waals surface area contributed by atoms with Crippen molar-refractivity contribution in [3.63, 3.8) is 0 Å². The Balaban J connectivity index is 2.76. The number of ketones is 1. The average molecular weight is 378 g/mol. The molecule has 1 rings (SSSR count). The van der Waals surface area contributed by atoms with Gasteiger partial charge >= 0.3 is 11.9 Å². The average Bonchev–Trinajstić information content (AvgIpc) is 2.56. The molecule has 0 spiro atoms. The first-order valence-electron chi connectivity index (χ1n) is 8.54. The van der Waals surface area contributed by atoms with Crippen molar-refractivity contribution in [2.45, 2.75) is 46.3 Å². The molecule has 148 valence electrons. The summed E-state index contributed by atoms with van der Waals surface area (Å²) < 4.78 is 10.9. The van der Waals surface area contributed by atoms with E-state index < -0.39 is 29.4 Å². The van der Waals surface area contributed by atoms with Crippen LogP contribution in [0, 0.1) is 5.92 Å². The van der Waals surface area contributed by atoms with Gasteiger partial charge in [0.2, 0.25) is 0 Å². The van der Waals surface area contributed by atoms with Crippen LogP contribution in [0.4, 0.5) is 0 Å². The smallest absolute Gasteiger partial charge is 0.334 e. The maximum absolute atomic E-state index is 12.0. The second-order valence-electron chi connectivity index (χ2n) is 7.08. The van der Waals surface area contributed by atoms with Gasteiger partial charge in [-0.05, 0) is 51.0 Å². The van der Waals surface area contributed by atoms with Crippen LogP contribution >= 0.6 is 0 Å². The van der Waals surface area contributed by atoms with Crippen LogP contribution in [0.2, 0.25) is 0 Å². The Morgan fingerprint density at radius 2 is 1.70 bits per heavy atom. The number of hydrogen-bond donors (Lipinski definition) is 2. The molecule has 0 saturated carbocycles. The molecular formula is C20H26O7. The number of ether oxygens (including phenoxy) is 2. The van der Waals surface area contributed by atoms with Gasteiger partial charge < -0.3 is 19.7 Å². The fourth-order valence-corrected chi connectivity index (χ4v) is 2.09. The minimum absolute atomic E-state index is 0.0132. The molecule has 0 saturated heterocycles. The van der Waals surface area contributed by atoms with Gasteiger partial charge in [-0.15, -0.1) is 0 Å². The second-order valence-corrected chi connectivity index (χ2v) is 7.08.